The highest BCUT2D eigenvalue weighted by Gasteiger charge is 2.21. The molecule has 0 unspecified atom stereocenters. The van der Waals surface area contributed by atoms with Gasteiger partial charge in [0.15, 0.2) is 0 Å². The first-order valence-electron chi connectivity index (χ1n) is 12.7. The van der Waals surface area contributed by atoms with Crippen LogP contribution in [0.2, 0.25) is 0 Å². The van der Waals surface area contributed by atoms with Gasteiger partial charge in [0.25, 0.3) is 5.91 Å². The number of benzene rings is 2. The molecule has 0 radical (unpaired) electrons. The maximum atomic E-state index is 12.4. The summed E-state index contributed by atoms with van der Waals surface area (Å²) in [6, 6.07) is 14.0. The molecule has 1 fully saturated rings. The SMILES string of the molecule is C=C/C(C#Cc1ccc(C(=C)C)cc1)=C\N=CC.Cc1ccc(C(=O)N2CCN(CCN)CC2)cc1C. The minimum atomic E-state index is 0.149. The molecule has 3 rings (SSSR count). The van der Waals surface area contributed by atoms with Gasteiger partial charge in [0, 0.05) is 68.4 Å². The van der Waals surface area contributed by atoms with Crippen molar-refractivity contribution in [2.24, 2.45) is 10.7 Å². The summed E-state index contributed by atoms with van der Waals surface area (Å²) in [6.45, 7) is 20.6. The lowest BCUT2D eigenvalue weighted by Crippen LogP contribution is -2.49. The van der Waals surface area contributed by atoms with E-state index in [9.17, 15) is 4.79 Å². The Morgan fingerprint density at radius 1 is 1.05 bits per heavy atom. The van der Waals surface area contributed by atoms with E-state index in [1.807, 2.05) is 68.1 Å². The van der Waals surface area contributed by atoms with Crippen LogP contribution < -0.4 is 5.73 Å². The molecule has 5 heteroatoms. The zero-order chi connectivity index (χ0) is 27.2. The highest BCUT2D eigenvalue weighted by atomic mass is 16.2. The van der Waals surface area contributed by atoms with Gasteiger partial charge < -0.3 is 10.6 Å². The average molecular weight is 497 g/mol. The smallest absolute Gasteiger partial charge is 0.253 e. The third-order valence-corrected chi connectivity index (χ3v) is 6.17. The van der Waals surface area contributed by atoms with Gasteiger partial charge in [-0.15, -0.1) is 0 Å². The van der Waals surface area contributed by atoms with Gasteiger partial charge in [0.05, 0.1) is 0 Å². The molecule has 1 saturated heterocycles. The predicted octanol–water partition coefficient (Wildman–Crippen LogP) is 5.25. The fraction of sp³-hybridized carbons (Fsp3) is 0.312. The maximum absolute atomic E-state index is 12.4. The quantitative estimate of drug-likeness (QED) is 0.337. The van der Waals surface area contributed by atoms with Crippen LogP contribution in [0.15, 0.2) is 78.5 Å². The molecule has 2 aromatic carbocycles. The summed E-state index contributed by atoms with van der Waals surface area (Å²) in [5, 5.41) is 0. The molecule has 0 saturated carbocycles. The lowest BCUT2D eigenvalue weighted by molar-refractivity contribution is 0.0641. The Kier molecular flexibility index (Phi) is 12.3. The number of nitrogens with two attached hydrogens (primary N) is 1. The van der Waals surface area contributed by atoms with Crippen molar-refractivity contribution in [3.63, 3.8) is 0 Å². The minimum Gasteiger partial charge on any atom is -0.336 e. The van der Waals surface area contributed by atoms with E-state index in [0.717, 1.165) is 60.6 Å². The van der Waals surface area contributed by atoms with E-state index in [1.165, 1.54) is 11.1 Å². The Labute approximate surface area is 223 Å². The van der Waals surface area contributed by atoms with E-state index in [4.69, 9.17) is 5.73 Å². The molecule has 0 aromatic heterocycles. The molecular weight excluding hydrogens is 456 g/mol. The van der Waals surface area contributed by atoms with Crippen molar-refractivity contribution in [1.82, 2.24) is 9.80 Å². The normalized spacial score (nSPS) is 13.9. The fourth-order valence-corrected chi connectivity index (χ4v) is 3.69. The zero-order valence-corrected chi connectivity index (χ0v) is 22.8. The van der Waals surface area contributed by atoms with Crippen LogP contribution in [-0.2, 0) is 0 Å². The molecule has 5 nitrogen and oxygen atoms in total. The second-order valence-corrected chi connectivity index (χ2v) is 9.03. The number of rotatable bonds is 6. The van der Waals surface area contributed by atoms with E-state index in [1.54, 1.807) is 18.5 Å². The number of nitrogens with zero attached hydrogens (tertiary/aromatic N) is 3. The second kappa shape index (κ2) is 15.4. The molecular formula is C32H40N4O. The first-order valence-corrected chi connectivity index (χ1v) is 12.7. The molecule has 0 spiro atoms. The average Bonchev–Trinajstić information content (AvgIpc) is 2.91. The van der Waals surface area contributed by atoms with Crippen LogP contribution in [0.25, 0.3) is 5.57 Å². The number of carbonyl (C=O) groups excluding carboxylic acids is 1. The van der Waals surface area contributed by atoms with Gasteiger partial charge in [0.2, 0.25) is 0 Å². The molecule has 194 valence electrons. The van der Waals surface area contributed by atoms with Crippen LogP contribution in [0.5, 0.6) is 0 Å². The molecule has 1 aliphatic heterocycles. The van der Waals surface area contributed by atoms with Crippen LogP contribution in [-0.4, -0.2) is 61.2 Å². The number of aliphatic imine (C=N–C) groups is 1. The van der Waals surface area contributed by atoms with Gasteiger partial charge in [-0.05, 0) is 68.7 Å². The fourth-order valence-electron chi connectivity index (χ4n) is 3.69. The van der Waals surface area contributed by atoms with Crippen molar-refractivity contribution in [2.45, 2.75) is 27.7 Å². The van der Waals surface area contributed by atoms with Crippen molar-refractivity contribution in [3.8, 4) is 11.8 Å². The molecule has 1 aliphatic rings. The van der Waals surface area contributed by atoms with Gasteiger partial charge in [-0.2, -0.15) is 0 Å². The zero-order valence-electron chi connectivity index (χ0n) is 22.8. The summed E-state index contributed by atoms with van der Waals surface area (Å²) in [7, 11) is 0. The molecule has 0 aliphatic carbocycles. The topological polar surface area (TPSA) is 61.9 Å². The van der Waals surface area contributed by atoms with E-state index in [-0.39, 0.29) is 5.91 Å². The van der Waals surface area contributed by atoms with E-state index >= 15 is 0 Å². The van der Waals surface area contributed by atoms with Crippen molar-refractivity contribution >= 4 is 17.7 Å². The largest absolute Gasteiger partial charge is 0.336 e. The van der Waals surface area contributed by atoms with E-state index in [2.05, 4.69) is 41.8 Å². The van der Waals surface area contributed by atoms with E-state index in [0.29, 0.717) is 6.54 Å². The van der Waals surface area contributed by atoms with Crippen LogP contribution in [0.3, 0.4) is 0 Å². The van der Waals surface area contributed by atoms with Crippen molar-refractivity contribution < 1.29 is 4.79 Å². The molecule has 2 aromatic rings. The molecule has 1 amide bonds. The number of amides is 1. The lowest BCUT2D eigenvalue weighted by atomic mass is 10.1. The van der Waals surface area contributed by atoms with Crippen molar-refractivity contribution in [1.29, 1.82) is 0 Å². The van der Waals surface area contributed by atoms with E-state index < -0.39 is 0 Å². The van der Waals surface area contributed by atoms with Gasteiger partial charge >= 0.3 is 0 Å². The summed E-state index contributed by atoms with van der Waals surface area (Å²) in [5.74, 6) is 6.25. The van der Waals surface area contributed by atoms with Gasteiger partial charge in [-0.3, -0.25) is 14.7 Å². The standard InChI is InChI=1S/C17H17N.C15H23N3O/c1-5-15(13-18-6-2)7-8-16-9-11-17(12-10-16)14(3)4;1-12-3-4-14(11-13(12)2)15(19)18-9-7-17(6-5-16)8-10-18/h5-6,9-13H,1,3H2,2,4H3;3-4,11H,5-10,16H2,1-2H3/b15-13+,18-6?;. The Morgan fingerprint density at radius 2 is 1.70 bits per heavy atom. The summed E-state index contributed by atoms with van der Waals surface area (Å²) < 4.78 is 0. The van der Waals surface area contributed by atoms with Gasteiger partial charge in [-0.25, -0.2) is 0 Å². The highest BCUT2D eigenvalue weighted by Crippen LogP contribution is 2.14. The lowest BCUT2D eigenvalue weighted by Gasteiger charge is -2.34. The maximum Gasteiger partial charge on any atom is 0.253 e. The van der Waals surface area contributed by atoms with Crippen molar-refractivity contribution in [2.75, 3.05) is 39.3 Å². The van der Waals surface area contributed by atoms with Crippen molar-refractivity contribution in [3.05, 3.63) is 101 Å². The summed E-state index contributed by atoms with van der Waals surface area (Å²) >= 11 is 0. The number of allylic oxidation sites excluding steroid dienone is 3. The second-order valence-electron chi connectivity index (χ2n) is 9.03. The minimum absolute atomic E-state index is 0.149. The third kappa shape index (κ3) is 9.69. The van der Waals surface area contributed by atoms with Crippen LogP contribution in [0.1, 0.15) is 46.5 Å². The monoisotopic (exact) mass is 496 g/mol. The Morgan fingerprint density at radius 3 is 2.24 bits per heavy atom. The highest BCUT2D eigenvalue weighted by molar-refractivity contribution is 5.94. The first-order chi connectivity index (χ1) is 17.8. The Hall–Kier alpha value is -3.72. The number of hydrogen-bond donors (Lipinski definition) is 1. The Bertz CT molecular complexity index is 1190. The number of hydrogen-bond acceptors (Lipinski definition) is 4. The van der Waals surface area contributed by atoms with Crippen LogP contribution in [0, 0.1) is 25.7 Å². The molecule has 0 bridgehead atoms. The number of carbonyl (C=O) groups is 1. The van der Waals surface area contributed by atoms with Gasteiger partial charge in [0.1, 0.15) is 0 Å². The predicted molar refractivity (Wildman–Crippen MR) is 158 cm³/mol. The first kappa shape index (κ1) is 29.5. The molecule has 37 heavy (non-hydrogen) atoms. The van der Waals surface area contributed by atoms with Crippen LogP contribution >= 0.6 is 0 Å². The summed E-state index contributed by atoms with van der Waals surface area (Å²) in [5.41, 5.74) is 12.7. The number of aryl methyl sites for hydroxylation is 2. The van der Waals surface area contributed by atoms with Crippen LogP contribution in [0.4, 0.5) is 0 Å². The summed E-state index contributed by atoms with van der Waals surface area (Å²) in [6.07, 6.45) is 5.11. The summed E-state index contributed by atoms with van der Waals surface area (Å²) in [4.78, 5) is 20.7. The molecule has 1 heterocycles. The molecule has 0 atom stereocenters. The molecule has 2 N–H and O–H groups in total. The number of piperazine rings is 1. The third-order valence-electron chi connectivity index (χ3n) is 6.17. The Balaban J connectivity index is 0.000000261. The van der Waals surface area contributed by atoms with Gasteiger partial charge in [-0.1, -0.05) is 54.8 Å².